The van der Waals surface area contributed by atoms with E-state index in [0.717, 1.165) is 31.4 Å². The molecular formula is C18H28N2. The summed E-state index contributed by atoms with van der Waals surface area (Å²) in [6.07, 6.45) is 10.8. The number of nitrogens with zero attached hydrogens (tertiary/aromatic N) is 2. The minimum Gasteiger partial charge on any atom is -0.283 e. The topological polar surface area (TPSA) is 24.7 Å². The van der Waals surface area contributed by atoms with Crippen LogP contribution in [0.5, 0.6) is 0 Å². The Morgan fingerprint density at radius 3 is 2.55 bits per heavy atom. The third-order valence-corrected chi connectivity index (χ3v) is 4.11. The van der Waals surface area contributed by atoms with E-state index in [1.165, 1.54) is 16.9 Å². The highest BCUT2D eigenvalue weighted by atomic mass is 14.9. The highest BCUT2D eigenvalue weighted by Crippen LogP contribution is 2.25. The molecule has 0 aliphatic heterocycles. The van der Waals surface area contributed by atoms with E-state index < -0.39 is 0 Å². The van der Waals surface area contributed by atoms with Crippen molar-refractivity contribution in [1.29, 1.82) is 0 Å². The molecule has 2 nitrogen and oxygen atoms in total. The van der Waals surface area contributed by atoms with E-state index >= 15 is 0 Å². The van der Waals surface area contributed by atoms with Gasteiger partial charge in [0.2, 0.25) is 0 Å². The van der Waals surface area contributed by atoms with Crippen molar-refractivity contribution in [3.05, 3.63) is 35.1 Å². The first-order chi connectivity index (χ1) is 9.40. The van der Waals surface area contributed by atoms with Crippen molar-refractivity contribution < 1.29 is 0 Å². The molecule has 0 aromatic rings. The van der Waals surface area contributed by atoms with Crippen molar-refractivity contribution in [2.45, 2.75) is 65.8 Å². The third-order valence-electron chi connectivity index (χ3n) is 4.11. The third kappa shape index (κ3) is 4.92. The highest BCUT2D eigenvalue weighted by molar-refractivity contribution is 5.99. The first kappa shape index (κ1) is 16.6. The highest BCUT2D eigenvalue weighted by Gasteiger charge is 2.20. The Balaban J connectivity index is 2.89. The van der Waals surface area contributed by atoms with Gasteiger partial charge in [0.25, 0.3) is 0 Å². The fourth-order valence-electron chi connectivity index (χ4n) is 2.22. The molecule has 1 aliphatic rings. The Kier molecular flexibility index (Phi) is 6.12. The molecule has 0 amide bonds. The molecule has 0 heterocycles. The minimum absolute atomic E-state index is 0.0485. The monoisotopic (exact) mass is 272 g/mol. The van der Waals surface area contributed by atoms with Gasteiger partial charge in [-0.2, -0.15) is 0 Å². The van der Waals surface area contributed by atoms with Crippen LogP contribution in [0.3, 0.4) is 0 Å². The van der Waals surface area contributed by atoms with E-state index in [-0.39, 0.29) is 5.54 Å². The predicted octanol–water partition coefficient (Wildman–Crippen LogP) is 5.28. The molecule has 110 valence electrons. The summed E-state index contributed by atoms with van der Waals surface area (Å²) in [5, 5.41) is 0. The molecule has 0 bridgehead atoms. The molecule has 0 radical (unpaired) electrons. The van der Waals surface area contributed by atoms with Crippen LogP contribution in [0.2, 0.25) is 0 Å². The van der Waals surface area contributed by atoms with Gasteiger partial charge < -0.3 is 0 Å². The average Bonchev–Trinajstić information content (AvgIpc) is 2.45. The molecule has 2 heteroatoms. The van der Waals surface area contributed by atoms with E-state index in [2.05, 4.69) is 57.6 Å². The fraction of sp³-hybridized carbons (Fsp3) is 0.556. The number of hydrogen-bond donors (Lipinski definition) is 0. The van der Waals surface area contributed by atoms with Gasteiger partial charge in [-0.1, -0.05) is 30.7 Å². The second-order valence-electron chi connectivity index (χ2n) is 5.96. The zero-order valence-electron chi connectivity index (χ0n) is 13.7. The Morgan fingerprint density at radius 2 is 2.05 bits per heavy atom. The lowest BCUT2D eigenvalue weighted by Gasteiger charge is -2.24. The molecule has 0 aromatic heterocycles. The summed E-state index contributed by atoms with van der Waals surface area (Å²) < 4.78 is 0. The van der Waals surface area contributed by atoms with Gasteiger partial charge in [-0.25, -0.2) is 0 Å². The molecule has 0 saturated carbocycles. The van der Waals surface area contributed by atoms with E-state index in [1.54, 1.807) is 0 Å². The van der Waals surface area contributed by atoms with Gasteiger partial charge in [0.1, 0.15) is 0 Å². The molecule has 1 unspecified atom stereocenters. The summed E-state index contributed by atoms with van der Waals surface area (Å²) in [4.78, 5) is 8.94. The van der Waals surface area contributed by atoms with Gasteiger partial charge in [0, 0.05) is 11.4 Å². The second kappa shape index (κ2) is 7.37. The van der Waals surface area contributed by atoms with Crippen molar-refractivity contribution in [1.82, 2.24) is 0 Å². The number of rotatable bonds is 6. The molecule has 1 atom stereocenters. The second-order valence-corrected chi connectivity index (χ2v) is 5.96. The largest absolute Gasteiger partial charge is 0.283 e. The maximum absolute atomic E-state index is 4.99. The summed E-state index contributed by atoms with van der Waals surface area (Å²) in [6.45, 7) is 14.3. The molecule has 1 rings (SSSR count). The van der Waals surface area contributed by atoms with Gasteiger partial charge in [-0.3, -0.25) is 9.98 Å². The smallest absolute Gasteiger partial charge is 0.0615 e. The maximum atomic E-state index is 4.99. The number of aliphatic imine (C=N–C) groups is 2. The number of hydrogen-bond acceptors (Lipinski definition) is 2. The van der Waals surface area contributed by atoms with Crippen LogP contribution in [-0.4, -0.2) is 18.0 Å². The van der Waals surface area contributed by atoms with Crippen molar-refractivity contribution >= 4 is 12.4 Å². The maximum Gasteiger partial charge on any atom is 0.0615 e. The van der Waals surface area contributed by atoms with Crippen molar-refractivity contribution in [3.8, 4) is 0 Å². The molecular weight excluding hydrogens is 244 g/mol. The Bertz CT molecular complexity index is 478. The van der Waals surface area contributed by atoms with Crippen LogP contribution in [0, 0.1) is 0 Å². The van der Waals surface area contributed by atoms with Crippen LogP contribution < -0.4 is 0 Å². The zero-order valence-corrected chi connectivity index (χ0v) is 13.7. The van der Waals surface area contributed by atoms with Crippen molar-refractivity contribution in [2.24, 2.45) is 9.98 Å². The summed E-state index contributed by atoms with van der Waals surface area (Å²) in [6, 6.07) is 0. The van der Waals surface area contributed by atoms with Crippen molar-refractivity contribution in [2.75, 3.05) is 0 Å². The summed E-state index contributed by atoms with van der Waals surface area (Å²) in [5.41, 5.74) is 4.93. The molecule has 0 aromatic carbocycles. The first-order valence-electron chi connectivity index (χ1n) is 7.47. The standard InChI is InChI=1S/C18H28N2/c1-7-18(5,13-12-15(3)19-6)20-16(4)17-10-8-14(2)9-11-17/h8,10,12H,6-7,9,11,13H2,1-5H3/b15-12-,20-16?. The quantitative estimate of drug-likeness (QED) is 0.588. The van der Waals surface area contributed by atoms with E-state index in [4.69, 9.17) is 4.99 Å². The Hall–Kier alpha value is -1.44. The average molecular weight is 272 g/mol. The summed E-state index contributed by atoms with van der Waals surface area (Å²) in [5.74, 6) is 0. The van der Waals surface area contributed by atoms with Gasteiger partial charge in [-0.15, -0.1) is 0 Å². The van der Waals surface area contributed by atoms with Crippen LogP contribution in [0.15, 0.2) is 45.1 Å². The minimum atomic E-state index is -0.0485. The van der Waals surface area contributed by atoms with Gasteiger partial charge in [0.05, 0.1) is 5.54 Å². The molecule has 0 saturated heterocycles. The Labute approximate surface area is 124 Å². The molecule has 0 N–H and O–H groups in total. The number of allylic oxidation sites excluding steroid dienone is 5. The molecule has 1 aliphatic carbocycles. The van der Waals surface area contributed by atoms with Gasteiger partial charge in [0.15, 0.2) is 0 Å². The van der Waals surface area contributed by atoms with Gasteiger partial charge in [-0.05, 0) is 65.7 Å². The SMILES string of the molecule is C=N/C(C)=C\CC(C)(CC)N=C(C)C1=CC=C(C)CC1. The lowest BCUT2D eigenvalue weighted by atomic mass is 9.92. The van der Waals surface area contributed by atoms with Crippen LogP contribution in [0.4, 0.5) is 0 Å². The molecule has 0 fully saturated rings. The van der Waals surface area contributed by atoms with Crippen molar-refractivity contribution in [3.63, 3.8) is 0 Å². The van der Waals surface area contributed by atoms with Crippen LogP contribution in [0.1, 0.15) is 60.3 Å². The van der Waals surface area contributed by atoms with Gasteiger partial charge >= 0.3 is 0 Å². The van der Waals surface area contributed by atoms with E-state index in [0.29, 0.717) is 0 Å². The molecule has 20 heavy (non-hydrogen) atoms. The van der Waals surface area contributed by atoms with Crippen LogP contribution in [-0.2, 0) is 0 Å². The zero-order chi connectivity index (χ0) is 15.2. The predicted molar refractivity (Wildman–Crippen MR) is 90.8 cm³/mol. The van der Waals surface area contributed by atoms with Crippen LogP contribution >= 0.6 is 0 Å². The normalized spacial score (nSPS) is 20.1. The van der Waals surface area contributed by atoms with Crippen LogP contribution in [0.25, 0.3) is 0 Å². The first-order valence-corrected chi connectivity index (χ1v) is 7.47. The molecule has 0 spiro atoms. The van der Waals surface area contributed by atoms with E-state index in [9.17, 15) is 0 Å². The van der Waals surface area contributed by atoms with E-state index in [1.807, 2.05) is 6.92 Å². The lowest BCUT2D eigenvalue weighted by molar-refractivity contribution is 0.461. The summed E-state index contributed by atoms with van der Waals surface area (Å²) >= 11 is 0. The fourth-order valence-corrected chi connectivity index (χ4v) is 2.22. The summed E-state index contributed by atoms with van der Waals surface area (Å²) in [7, 11) is 0. The lowest BCUT2D eigenvalue weighted by Crippen LogP contribution is -2.22. The Morgan fingerprint density at radius 1 is 1.35 bits per heavy atom.